The largest absolute Gasteiger partial charge is 0.497 e. The lowest BCUT2D eigenvalue weighted by Crippen LogP contribution is -2.43. The maximum atomic E-state index is 12.5. The third kappa shape index (κ3) is 6.05. The van der Waals surface area contributed by atoms with Gasteiger partial charge in [-0.25, -0.2) is 0 Å². The van der Waals surface area contributed by atoms with Crippen molar-refractivity contribution in [2.24, 2.45) is 11.8 Å². The van der Waals surface area contributed by atoms with Gasteiger partial charge in [0.15, 0.2) is 5.78 Å². The van der Waals surface area contributed by atoms with Crippen molar-refractivity contribution in [2.75, 3.05) is 14.2 Å². The standard InChI is InChI=1S/C23H32O4/c1-16(2)7-6-8-17(3)22-20(24)13-14-21(23(22)26-5)27-15-18-9-11-19(25-4)12-10-18/h8-14,16,21-23H,6-7,15H2,1-5H3/b17-8+/t21-,22-,23-/m1/s1. The van der Waals surface area contributed by atoms with Gasteiger partial charge in [0.05, 0.1) is 19.6 Å². The molecule has 0 N–H and O–H groups in total. The minimum absolute atomic E-state index is 0.0874. The van der Waals surface area contributed by atoms with E-state index in [0.29, 0.717) is 12.5 Å². The van der Waals surface area contributed by atoms with Crippen molar-refractivity contribution >= 4 is 5.78 Å². The van der Waals surface area contributed by atoms with Gasteiger partial charge in [0, 0.05) is 7.11 Å². The molecule has 1 aliphatic carbocycles. The molecular formula is C23H32O4. The average molecular weight is 373 g/mol. The Morgan fingerprint density at radius 3 is 2.48 bits per heavy atom. The van der Waals surface area contributed by atoms with Crippen molar-refractivity contribution < 1.29 is 19.0 Å². The highest BCUT2D eigenvalue weighted by Gasteiger charge is 2.37. The second-order valence-electron chi connectivity index (χ2n) is 7.48. The lowest BCUT2D eigenvalue weighted by Gasteiger charge is -2.33. The van der Waals surface area contributed by atoms with E-state index < -0.39 is 0 Å². The maximum absolute atomic E-state index is 12.5. The van der Waals surface area contributed by atoms with Crippen molar-refractivity contribution in [3.8, 4) is 5.75 Å². The first-order valence-electron chi connectivity index (χ1n) is 9.62. The molecule has 0 heterocycles. The fourth-order valence-corrected chi connectivity index (χ4v) is 3.34. The molecule has 0 saturated heterocycles. The van der Waals surface area contributed by atoms with E-state index >= 15 is 0 Å². The SMILES string of the molecule is COc1ccc(CO[C@@H]2C=CC(=O)[C@@H](/C(C)=C/CCC(C)C)[C@@H]2OC)cc1. The van der Waals surface area contributed by atoms with Crippen molar-refractivity contribution in [3.63, 3.8) is 0 Å². The number of allylic oxidation sites excluding steroid dienone is 2. The summed E-state index contributed by atoms with van der Waals surface area (Å²) in [5.41, 5.74) is 2.12. The van der Waals surface area contributed by atoms with Crippen LogP contribution < -0.4 is 4.74 Å². The van der Waals surface area contributed by atoms with Gasteiger partial charge in [-0.2, -0.15) is 0 Å². The van der Waals surface area contributed by atoms with E-state index in [1.165, 1.54) is 0 Å². The van der Waals surface area contributed by atoms with Crippen LogP contribution in [0.25, 0.3) is 0 Å². The van der Waals surface area contributed by atoms with Gasteiger partial charge in [0.2, 0.25) is 0 Å². The zero-order valence-electron chi connectivity index (χ0n) is 17.1. The number of ketones is 1. The number of carbonyl (C=O) groups excluding carboxylic acids is 1. The molecular weight excluding hydrogens is 340 g/mol. The van der Waals surface area contributed by atoms with E-state index in [1.54, 1.807) is 20.3 Å². The summed E-state index contributed by atoms with van der Waals surface area (Å²) in [7, 11) is 3.30. The zero-order valence-corrected chi connectivity index (χ0v) is 17.1. The first-order chi connectivity index (χ1) is 13.0. The summed E-state index contributed by atoms with van der Waals surface area (Å²) >= 11 is 0. The molecule has 0 aromatic heterocycles. The number of rotatable bonds is 9. The monoisotopic (exact) mass is 372 g/mol. The van der Waals surface area contributed by atoms with Crippen molar-refractivity contribution in [1.82, 2.24) is 0 Å². The van der Waals surface area contributed by atoms with Crippen LogP contribution in [0.1, 0.15) is 39.2 Å². The maximum Gasteiger partial charge on any atom is 0.165 e. The second-order valence-corrected chi connectivity index (χ2v) is 7.48. The second kappa shape index (κ2) is 10.4. The van der Waals surface area contributed by atoms with Crippen LogP contribution in [-0.4, -0.2) is 32.2 Å². The highest BCUT2D eigenvalue weighted by atomic mass is 16.5. The lowest BCUT2D eigenvalue weighted by atomic mass is 9.82. The quantitative estimate of drug-likeness (QED) is 0.588. The normalized spacial score (nSPS) is 23.1. The highest BCUT2D eigenvalue weighted by Crippen LogP contribution is 2.29. The van der Waals surface area contributed by atoms with E-state index in [2.05, 4.69) is 19.9 Å². The van der Waals surface area contributed by atoms with Gasteiger partial charge in [0.1, 0.15) is 18.0 Å². The molecule has 1 aromatic carbocycles. The lowest BCUT2D eigenvalue weighted by molar-refractivity contribution is -0.128. The smallest absolute Gasteiger partial charge is 0.165 e. The number of benzene rings is 1. The zero-order chi connectivity index (χ0) is 19.8. The van der Waals surface area contributed by atoms with Gasteiger partial charge in [-0.15, -0.1) is 0 Å². The van der Waals surface area contributed by atoms with Crippen LogP contribution in [0.15, 0.2) is 48.1 Å². The van der Waals surface area contributed by atoms with Crippen molar-refractivity contribution in [2.45, 2.75) is 52.4 Å². The van der Waals surface area contributed by atoms with Crippen LogP contribution in [0.2, 0.25) is 0 Å². The number of hydrogen-bond donors (Lipinski definition) is 0. The van der Waals surface area contributed by atoms with Crippen molar-refractivity contribution in [1.29, 1.82) is 0 Å². The van der Waals surface area contributed by atoms with Crippen LogP contribution >= 0.6 is 0 Å². The number of methoxy groups -OCH3 is 2. The van der Waals surface area contributed by atoms with Crippen molar-refractivity contribution in [3.05, 3.63) is 53.6 Å². The number of hydrogen-bond acceptors (Lipinski definition) is 4. The molecule has 1 aliphatic rings. The predicted molar refractivity (Wildman–Crippen MR) is 108 cm³/mol. The molecule has 0 amide bonds. The van der Waals surface area contributed by atoms with Gasteiger partial charge >= 0.3 is 0 Å². The molecule has 27 heavy (non-hydrogen) atoms. The Hall–Kier alpha value is -1.91. The Balaban J connectivity index is 2.05. The molecule has 0 bridgehead atoms. The first kappa shape index (κ1) is 21.4. The molecule has 1 aromatic rings. The summed E-state index contributed by atoms with van der Waals surface area (Å²) in [6.45, 7) is 6.89. The Kier molecular flexibility index (Phi) is 8.26. The molecule has 0 unspecified atom stereocenters. The molecule has 4 heteroatoms. The molecule has 4 nitrogen and oxygen atoms in total. The van der Waals surface area contributed by atoms with Crippen LogP contribution in [-0.2, 0) is 20.9 Å². The summed E-state index contributed by atoms with van der Waals surface area (Å²) < 4.78 is 17.0. The number of carbonyl (C=O) groups is 1. The summed E-state index contributed by atoms with van der Waals surface area (Å²) in [6.07, 6.45) is 7.16. The highest BCUT2D eigenvalue weighted by molar-refractivity contribution is 5.95. The minimum Gasteiger partial charge on any atom is -0.497 e. The molecule has 0 saturated carbocycles. The van der Waals surface area contributed by atoms with Crippen LogP contribution in [0, 0.1) is 11.8 Å². The Labute approximate surface area is 163 Å². The molecule has 0 spiro atoms. The fourth-order valence-electron chi connectivity index (χ4n) is 3.34. The Morgan fingerprint density at radius 2 is 1.89 bits per heavy atom. The Bertz CT molecular complexity index is 657. The molecule has 0 radical (unpaired) electrons. The van der Waals surface area contributed by atoms with E-state index in [-0.39, 0.29) is 23.9 Å². The summed E-state index contributed by atoms with van der Waals surface area (Å²) in [4.78, 5) is 12.5. The molecule has 3 atom stereocenters. The van der Waals surface area contributed by atoms with Gasteiger partial charge < -0.3 is 14.2 Å². The van der Waals surface area contributed by atoms with E-state index in [1.807, 2.05) is 37.3 Å². The minimum atomic E-state index is -0.309. The summed E-state index contributed by atoms with van der Waals surface area (Å²) in [5.74, 6) is 1.27. The first-order valence-corrected chi connectivity index (χ1v) is 9.62. The van der Waals surface area contributed by atoms with Crippen LogP contribution in [0.4, 0.5) is 0 Å². The number of ether oxygens (including phenoxy) is 3. The topological polar surface area (TPSA) is 44.8 Å². The fraction of sp³-hybridized carbons (Fsp3) is 0.522. The van der Waals surface area contributed by atoms with Gasteiger partial charge in [0.25, 0.3) is 0 Å². The molecule has 0 aliphatic heterocycles. The third-order valence-electron chi connectivity index (χ3n) is 4.98. The summed E-state index contributed by atoms with van der Waals surface area (Å²) in [6, 6.07) is 7.79. The molecule has 2 rings (SSSR count). The van der Waals surface area contributed by atoms with Gasteiger partial charge in [-0.05, 0) is 55.5 Å². The predicted octanol–water partition coefficient (Wildman–Crippen LogP) is 4.73. The molecule has 148 valence electrons. The van der Waals surface area contributed by atoms with Crippen LogP contribution in [0.5, 0.6) is 5.75 Å². The van der Waals surface area contributed by atoms with E-state index in [4.69, 9.17) is 14.2 Å². The average Bonchev–Trinajstić information content (AvgIpc) is 2.66. The van der Waals surface area contributed by atoms with E-state index in [9.17, 15) is 4.79 Å². The Morgan fingerprint density at radius 1 is 1.19 bits per heavy atom. The molecule has 0 fully saturated rings. The van der Waals surface area contributed by atoms with Gasteiger partial charge in [-0.1, -0.05) is 37.6 Å². The third-order valence-corrected chi connectivity index (χ3v) is 4.98. The van der Waals surface area contributed by atoms with Gasteiger partial charge in [-0.3, -0.25) is 4.79 Å². The summed E-state index contributed by atoms with van der Waals surface area (Å²) in [5, 5.41) is 0. The van der Waals surface area contributed by atoms with E-state index in [0.717, 1.165) is 29.7 Å². The van der Waals surface area contributed by atoms with Crippen LogP contribution in [0.3, 0.4) is 0 Å².